The summed E-state index contributed by atoms with van der Waals surface area (Å²) < 4.78 is 0. The Balaban J connectivity index is 0.000000487. The lowest BCUT2D eigenvalue weighted by Crippen LogP contribution is -2.00. The smallest absolute Gasteiger partial charge is 0.131 e. The van der Waals surface area contributed by atoms with E-state index in [2.05, 4.69) is 18.8 Å². The van der Waals surface area contributed by atoms with Crippen LogP contribution in [0.3, 0.4) is 0 Å². The first-order chi connectivity index (χ1) is 7.43. The van der Waals surface area contributed by atoms with Gasteiger partial charge >= 0.3 is 0 Å². The molecule has 0 amide bonds. The van der Waals surface area contributed by atoms with Crippen molar-refractivity contribution in [3.8, 4) is 0 Å². The summed E-state index contributed by atoms with van der Waals surface area (Å²) in [6.07, 6.45) is 2.64. The van der Waals surface area contributed by atoms with Crippen LogP contribution in [0.2, 0.25) is 10.2 Å². The van der Waals surface area contributed by atoms with Crippen molar-refractivity contribution in [1.82, 2.24) is 4.98 Å². The molecule has 0 unspecified atom stereocenters. The van der Waals surface area contributed by atoms with Crippen molar-refractivity contribution in [3.05, 3.63) is 27.5 Å². The van der Waals surface area contributed by atoms with E-state index in [-0.39, 0.29) is 0 Å². The van der Waals surface area contributed by atoms with Crippen molar-refractivity contribution in [2.75, 3.05) is 0 Å². The van der Waals surface area contributed by atoms with Gasteiger partial charge in [-0.15, -0.1) is 0 Å². The van der Waals surface area contributed by atoms with Gasteiger partial charge in [-0.25, -0.2) is 4.98 Å². The first-order valence-electron chi connectivity index (χ1n) is 5.32. The van der Waals surface area contributed by atoms with Crippen LogP contribution in [-0.2, 0) is 0 Å². The molecule has 0 fully saturated rings. The third kappa shape index (κ3) is 4.95. The molecular formula is C12H18Cl2N2. The van der Waals surface area contributed by atoms with E-state index in [0.717, 1.165) is 5.56 Å². The molecule has 0 aliphatic rings. The molecule has 1 aromatic heterocycles. The van der Waals surface area contributed by atoms with Gasteiger partial charge in [0.2, 0.25) is 0 Å². The maximum atomic E-state index is 7.39. The predicted octanol–water partition coefficient (Wildman–Crippen LogP) is 4.89. The highest BCUT2D eigenvalue weighted by Gasteiger charge is 2.07. The topological polar surface area (TPSA) is 36.7 Å². The fourth-order valence-corrected chi connectivity index (χ4v) is 1.36. The van der Waals surface area contributed by atoms with E-state index in [9.17, 15) is 0 Å². The summed E-state index contributed by atoms with van der Waals surface area (Å²) in [5, 5.41) is 8.27. The first kappa shape index (κ1) is 15.4. The van der Waals surface area contributed by atoms with E-state index in [1.165, 1.54) is 12.8 Å². The minimum absolute atomic E-state index is 0.326. The second-order valence-corrected chi connectivity index (χ2v) is 4.32. The van der Waals surface area contributed by atoms with Gasteiger partial charge in [-0.05, 0) is 25.5 Å². The molecule has 0 saturated carbocycles. The Bertz CT molecular complexity index is 360. The normalized spacial score (nSPS) is 9.38. The number of hydrogen-bond donors (Lipinski definition) is 1. The van der Waals surface area contributed by atoms with Crippen molar-refractivity contribution in [3.63, 3.8) is 0 Å². The van der Waals surface area contributed by atoms with Gasteiger partial charge < -0.3 is 5.41 Å². The van der Waals surface area contributed by atoms with Crippen molar-refractivity contribution in [2.45, 2.75) is 40.5 Å². The number of unbranched alkanes of at least 4 members (excludes halogenated alkanes) is 1. The van der Waals surface area contributed by atoms with Gasteiger partial charge in [0, 0.05) is 5.02 Å². The summed E-state index contributed by atoms with van der Waals surface area (Å²) in [7, 11) is 0. The summed E-state index contributed by atoms with van der Waals surface area (Å²) >= 11 is 11.5. The highest BCUT2D eigenvalue weighted by atomic mass is 35.5. The SMILES string of the molecule is CC(=N)c1nc(Cl)cc(Cl)c1C.CCCC. The van der Waals surface area contributed by atoms with Crippen LogP contribution in [-0.4, -0.2) is 10.7 Å². The molecule has 0 spiro atoms. The van der Waals surface area contributed by atoms with Crippen LogP contribution in [0, 0.1) is 12.3 Å². The summed E-state index contributed by atoms with van der Waals surface area (Å²) in [5.74, 6) is 0. The molecule has 1 aromatic rings. The quantitative estimate of drug-likeness (QED) is 0.597. The molecule has 1 rings (SSSR count). The summed E-state index contributed by atoms with van der Waals surface area (Å²) in [6.45, 7) is 7.83. The average Bonchev–Trinajstić information content (AvgIpc) is 2.23. The number of nitrogens with zero attached hydrogens (tertiary/aromatic N) is 1. The monoisotopic (exact) mass is 260 g/mol. The Hall–Kier alpha value is -0.600. The summed E-state index contributed by atoms with van der Waals surface area (Å²) in [4.78, 5) is 3.99. The van der Waals surface area contributed by atoms with Crippen LogP contribution in [0.4, 0.5) is 0 Å². The first-order valence-corrected chi connectivity index (χ1v) is 6.07. The highest BCUT2D eigenvalue weighted by molar-refractivity contribution is 6.34. The number of hydrogen-bond acceptors (Lipinski definition) is 2. The Kier molecular flexibility index (Phi) is 7.35. The molecule has 0 bridgehead atoms. The van der Waals surface area contributed by atoms with Crippen molar-refractivity contribution in [2.24, 2.45) is 0 Å². The molecule has 0 radical (unpaired) electrons. The van der Waals surface area contributed by atoms with E-state index in [4.69, 9.17) is 28.6 Å². The Morgan fingerprint density at radius 2 is 1.81 bits per heavy atom. The number of rotatable bonds is 2. The lowest BCUT2D eigenvalue weighted by Gasteiger charge is -2.04. The Morgan fingerprint density at radius 1 is 1.31 bits per heavy atom. The average molecular weight is 261 g/mol. The molecule has 0 aromatic carbocycles. The zero-order valence-electron chi connectivity index (χ0n) is 10.2. The van der Waals surface area contributed by atoms with E-state index < -0.39 is 0 Å². The van der Waals surface area contributed by atoms with Crippen molar-refractivity contribution < 1.29 is 0 Å². The molecule has 2 nitrogen and oxygen atoms in total. The molecule has 0 aliphatic carbocycles. The van der Waals surface area contributed by atoms with Gasteiger partial charge in [0.25, 0.3) is 0 Å². The summed E-state index contributed by atoms with van der Waals surface area (Å²) in [5.41, 5.74) is 1.73. The molecule has 1 N–H and O–H groups in total. The molecule has 0 atom stereocenters. The van der Waals surface area contributed by atoms with Gasteiger partial charge in [-0.3, -0.25) is 0 Å². The van der Waals surface area contributed by atoms with E-state index >= 15 is 0 Å². The minimum atomic E-state index is 0.326. The molecule has 4 heteroatoms. The second-order valence-electron chi connectivity index (χ2n) is 3.53. The summed E-state index contributed by atoms with van der Waals surface area (Å²) in [6, 6.07) is 1.57. The van der Waals surface area contributed by atoms with E-state index in [0.29, 0.717) is 21.6 Å². The zero-order chi connectivity index (χ0) is 12.7. The van der Waals surface area contributed by atoms with E-state index in [1.807, 2.05) is 6.92 Å². The molecule has 16 heavy (non-hydrogen) atoms. The largest absolute Gasteiger partial charge is 0.303 e. The van der Waals surface area contributed by atoms with Gasteiger partial charge in [0.05, 0.1) is 11.4 Å². The van der Waals surface area contributed by atoms with Gasteiger partial charge in [0.1, 0.15) is 5.15 Å². The fourth-order valence-electron chi connectivity index (χ4n) is 0.914. The fraction of sp³-hybridized carbons (Fsp3) is 0.500. The molecule has 90 valence electrons. The molecule has 0 saturated heterocycles. The highest BCUT2D eigenvalue weighted by Crippen LogP contribution is 2.21. The van der Waals surface area contributed by atoms with Gasteiger partial charge in [-0.2, -0.15) is 0 Å². The van der Waals surface area contributed by atoms with Crippen LogP contribution in [0.1, 0.15) is 44.9 Å². The van der Waals surface area contributed by atoms with Gasteiger partial charge in [0.15, 0.2) is 0 Å². The number of nitrogens with one attached hydrogen (secondary N) is 1. The lowest BCUT2D eigenvalue weighted by atomic mass is 10.1. The number of halogens is 2. The van der Waals surface area contributed by atoms with Gasteiger partial charge in [-0.1, -0.05) is 49.9 Å². The van der Waals surface area contributed by atoms with Crippen LogP contribution in [0.5, 0.6) is 0 Å². The van der Waals surface area contributed by atoms with Crippen molar-refractivity contribution in [1.29, 1.82) is 5.41 Å². The third-order valence-corrected chi connectivity index (χ3v) is 2.62. The predicted molar refractivity (Wildman–Crippen MR) is 72.1 cm³/mol. The third-order valence-electron chi connectivity index (χ3n) is 2.03. The van der Waals surface area contributed by atoms with E-state index in [1.54, 1.807) is 13.0 Å². The molecular weight excluding hydrogens is 243 g/mol. The van der Waals surface area contributed by atoms with Crippen LogP contribution in [0.15, 0.2) is 6.07 Å². The van der Waals surface area contributed by atoms with Crippen LogP contribution in [0.25, 0.3) is 0 Å². The number of pyridine rings is 1. The second kappa shape index (κ2) is 7.64. The standard InChI is InChI=1S/C8H8Cl2N2.C4H10/c1-4-6(9)3-7(10)12-8(4)5(2)11;1-3-4-2/h3,11H,1-2H3;3-4H2,1-2H3. The van der Waals surface area contributed by atoms with Crippen LogP contribution < -0.4 is 0 Å². The van der Waals surface area contributed by atoms with Crippen molar-refractivity contribution >= 4 is 28.9 Å². The Morgan fingerprint density at radius 3 is 2.19 bits per heavy atom. The number of aromatic nitrogens is 1. The van der Waals surface area contributed by atoms with Crippen LogP contribution >= 0.6 is 23.2 Å². The molecule has 0 aliphatic heterocycles. The lowest BCUT2D eigenvalue weighted by molar-refractivity contribution is 0.886. The maximum Gasteiger partial charge on any atom is 0.131 e. The molecule has 1 heterocycles. The maximum absolute atomic E-state index is 7.39. The minimum Gasteiger partial charge on any atom is -0.303 e. The zero-order valence-corrected chi connectivity index (χ0v) is 11.7. The Labute approximate surface area is 108 Å².